The van der Waals surface area contributed by atoms with Gasteiger partial charge in [-0.2, -0.15) is 0 Å². The smallest absolute Gasteiger partial charge is 0.279 e. The van der Waals surface area contributed by atoms with Crippen molar-refractivity contribution in [1.29, 1.82) is 0 Å². The first-order valence-corrected chi connectivity index (χ1v) is 10.4. The topological polar surface area (TPSA) is 108 Å². The summed E-state index contributed by atoms with van der Waals surface area (Å²) in [6, 6.07) is 1.79. The van der Waals surface area contributed by atoms with Crippen LogP contribution in [0.15, 0.2) is 34.4 Å². The number of nitrogens with zero attached hydrogens (tertiary/aromatic N) is 2. The predicted octanol–water partition coefficient (Wildman–Crippen LogP) is 0.878. The monoisotopic (exact) mass is 394 g/mol. The molecule has 0 spiro atoms. The van der Waals surface area contributed by atoms with E-state index in [9.17, 15) is 18.0 Å². The van der Waals surface area contributed by atoms with Gasteiger partial charge < -0.3 is 4.90 Å². The molecule has 10 heteroatoms. The lowest BCUT2D eigenvalue weighted by Gasteiger charge is -2.26. The molecule has 1 aromatic heterocycles. The minimum absolute atomic E-state index is 0.107. The standard InChI is InChI=1S/C16H18N4O4S2/c1-3-12-10(2)8-13(25-12)16(22)18-17-15(21)11-4-5-14-19-26(23,24)7-6-20(14)9-11/h4-5,8-9H,3,6-7H2,1-2H3,(H,17,21)(H,18,22). The molecule has 0 bridgehead atoms. The summed E-state index contributed by atoms with van der Waals surface area (Å²) in [6.45, 7) is 4.19. The number of carbonyl (C=O) groups is 2. The summed E-state index contributed by atoms with van der Waals surface area (Å²) in [5.74, 6) is -0.703. The van der Waals surface area contributed by atoms with Crippen molar-refractivity contribution in [3.05, 3.63) is 45.3 Å². The van der Waals surface area contributed by atoms with Crippen LogP contribution in [-0.2, 0) is 21.2 Å². The van der Waals surface area contributed by atoms with Crippen LogP contribution in [0.4, 0.5) is 0 Å². The molecule has 138 valence electrons. The van der Waals surface area contributed by atoms with Gasteiger partial charge in [0.25, 0.3) is 21.8 Å². The van der Waals surface area contributed by atoms with Crippen LogP contribution in [0.5, 0.6) is 0 Å². The zero-order chi connectivity index (χ0) is 18.9. The van der Waals surface area contributed by atoms with Gasteiger partial charge in [0.1, 0.15) is 5.84 Å². The van der Waals surface area contributed by atoms with E-state index >= 15 is 0 Å². The number of aryl methyl sites for hydroxylation is 2. The fourth-order valence-corrected chi connectivity index (χ4v) is 4.54. The van der Waals surface area contributed by atoms with Crippen LogP contribution >= 0.6 is 11.3 Å². The summed E-state index contributed by atoms with van der Waals surface area (Å²) < 4.78 is 26.6. The van der Waals surface area contributed by atoms with Crippen LogP contribution in [0, 0.1) is 6.92 Å². The van der Waals surface area contributed by atoms with Crippen LogP contribution < -0.4 is 10.9 Å². The third-order valence-electron chi connectivity index (χ3n) is 3.94. The Morgan fingerprint density at radius 2 is 2.00 bits per heavy atom. The number of hydrogen-bond acceptors (Lipinski definition) is 6. The first kappa shape index (κ1) is 18.3. The molecule has 3 heterocycles. The van der Waals surface area contributed by atoms with Gasteiger partial charge in [-0.25, -0.2) is 8.42 Å². The van der Waals surface area contributed by atoms with Crippen molar-refractivity contribution in [2.45, 2.75) is 20.3 Å². The summed E-state index contributed by atoms with van der Waals surface area (Å²) in [5, 5.41) is 0. The molecule has 26 heavy (non-hydrogen) atoms. The Morgan fingerprint density at radius 3 is 2.69 bits per heavy atom. The summed E-state index contributed by atoms with van der Waals surface area (Å²) in [4.78, 5) is 27.7. The lowest BCUT2D eigenvalue weighted by molar-refractivity contribution is -0.118. The van der Waals surface area contributed by atoms with Gasteiger partial charge in [0.15, 0.2) is 0 Å². The van der Waals surface area contributed by atoms with Crippen molar-refractivity contribution in [2.75, 3.05) is 12.3 Å². The van der Waals surface area contributed by atoms with Crippen molar-refractivity contribution < 1.29 is 18.0 Å². The van der Waals surface area contributed by atoms with E-state index in [0.29, 0.717) is 10.5 Å². The molecule has 8 nitrogen and oxygen atoms in total. The van der Waals surface area contributed by atoms with Crippen molar-refractivity contribution in [3.8, 4) is 0 Å². The molecule has 2 aliphatic heterocycles. The molecule has 0 unspecified atom stereocenters. The van der Waals surface area contributed by atoms with Crippen molar-refractivity contribution in [1.82, 2.24) is 15.8 Å². The lowest BCUT2D eigenvalue weighted by atomic mass is 10.2. The maximum Gasteiger partial charge on any atom is 0.279 e. The Morgan fingerprint density at radius 1 is 1.27 bits per heavy atom. The van der Waals surface area contributed by atoms with E-state index in [1.165, 1.54) is 29.7 Å². The lowest BCUT2D eigenvalue weighted by Crippen LogP contribution is -2.43. The quantitative estimate of drug-likeness (QED) is 0.740. The van der Waals surface area contributed by atoms with E-state index in [2.05, 4.69) is 15.2 Å². The minimum Gasteiger partial charge on any atom is -0.330 e. The molecule has 2 N–H and O–H groups in total. The van der Waals surface area contributed by atoms with Gasteiger partial charge in [0.2, 0.25) is 0 Å². The highest BCUT2D eigenvalue weighted by atomic mass is 32.2. The SMILES string of the molecule is CCc1sc(C(=O)NNC(=O)C2=CN3CCS(=O)(=O)N=C3C=C2)cc1C. The number of fused-ring (bicyclic) bond motifs is 1. The number of nitrogens with one attached hydrogen (secondary N) is 2. The Labute approximate surface area is 155 Å². The molecular formula is C16H18N4O4S2. The van der Waals surface area contributed by atoms with Crippen molar-refractivity contribution >= 4 is 39.0 Å². The average molecular weight is 394 g/mol. The summed E-state index contributed by atoms with van der Waals surface area (Å²) in [7, 11) is -3.44. The number of amidine groups is 1. The van der Waals surface area contributed by atoms with Gasteiger partial charge in [0.05, 0.1) is 16.2 Å². The normalized spacial score (nSPS) is 17.8. The summed E-state index contributed by atoms with van der Waals surface area (Å²) >= 11 is 1.40. The van der Waals surface area contributed by atoms with E-state index in [1.807, 2.05) is 13.8 Å². The number of hydrogen-bond donors (Lipinski definition) is 2. The average Bonchev–Trinajstić information content (AvgIpc) is 2.99. The molecule has 1 aromatic rings. The molecular weight excluding hydrogens is 376 g/mol. The molecule has 0 aromatic carbocycles. The van der Waals surface area contributed by atoms with E-state index in [4.69, 9.17) is 0 Å². The predicted molar refractivity (Wildman–Crippen MR) is 99.2 cm³/mol. The van der Waals surface area contributed by atoms with E-state index in [0.717, 1.165) is 16.9 Å². The second-order valence-corrected chi connectivity index (χ2v) is 8.72. The number of sulfonamides is 1. The largest absolute Gasteiger partial charge is 0.330 e. The maximum absolute atomic E-state index is 12.2. The van der Waals surface area contributed by atoms with Gasteiger partial charge in [-0.3, -0.25) is 20.4 Å². The van der Waals surface area contributed by atoms with Crippen molar-refractivity contribution in [3.63, 3.8) is 0 Å². The highest BCUT2D eigenvalue weighted by molar-refractivity contribution is 7.90. The Hall–Kier alpha value is -2.46. The number of amides is 2. The zero-order valence-corrected chi connectivity index (χ0v) is 15.9. The fourth-order valence-electron chi connectivity index (χ4n) is 2.57. The molecule has 0 radical (unpaired) electrons. The van der Waals surface area contributed by atoms with E-state index in [1.54, 1.807) is 11.0 Å². The van der Waals surface area contributed by atoms with Gasteiger partial charge in [-0.15, -0.1) is 15.7 Å². The van der Waals surface area contributed by atoms with Crippen molar-refractivity contribution in [2.24, 2.45) is 4.40 Å². The van der Waals surface area contributed by atoms with Crippen LogP contribution in [0.3, 0.4) is 0 Å². The molecule has 2 aliphatic rings. The maximum atomic E-state index is 12.2. The molecule has 0 atom stereocenters. The molecule has 0 aliphatic carbocycles. The van der Waals surface area contributed by atoms with Crippen LogP contribution in [0.25, 0.3) is 0 Å². The van der Waals surface area contributed by atoms with Crippen LogP contribution in [-0.4, -0.2) is 43.3 Å². The van der Waals surface area contributed by atoms with Gasteiger partial charge in [-0.05, 0) is 37.1 Å². The molecule has 0 saturated heterocycles. The third-order valence-corrected chi connectivity index (χ3v) is 6.49. The Balaban J connectivity index is 1.63. The van der Waals surface area contributed by atoms with E-state index < -0.39 is 15.9 Å². The van der Waals surface area contributed by atoms with Gasteiger partial charge in [-0.1, -0.05) is 6.92 Å². The number of rotatable bonds is 3. The second kappa shape index (κ2) is 7.04. The number of thiophene rings is 1. The van der Waals surface area contributed by atoms with Crippen LogP contribution in [0.2, 0.25) is 0 Å². The zero-order valence-electron chi connectivity index (χ0n) is 14.3. The second-order valence-electron chi connectivity index (χ2n) is 5.83. The first-order valence-electron chi connectivity index (χ1n) is 7.98. The summed E-state index contributed by atoms with van der Waals surface area (Å²) in [6.07, 6.45) is 5.29. The highest BCUT2D eigenvalue weighted by Crippen LogP contribution is 2.22. The number of carbonyl (C=O) groups excluding carboxylic acids is 2. The summed E-state index contributed by atoms with van der Waals surface area (Å²) in [5.41, 5.74) is 6.12. The fraction of sp³-hybridized carbons (Fsp3) is 0.312. The third kappa shape index (κ3) is 3.86. The van der Waals surface area contributed by atoms with Gasteiger partial charge in [0, 0.05) is 17.6 Å². The highest BCUT2D eigenvalue weighted by Gasteiger charge is 2.25. The minimum atomic E-state index is -3.44. The van der Waals surface area contributed by atoms with E-state index in [-0.39, 0.29) is 24.0 Å². The van der Waals surface area contributed by atoms with Gasteiger partial charge >= 0.3 is 0 Å². The number of hydrazine groups is 1. The molecule has 0 saturated carbocycles. The Bertz CT molecular complexity index is 957. The van der Waals surface area contributed by atoms with Crippen LogP contribution in [0.1, 0.15) is 27.0 Å². The molecule has 3 rings (SSSR count). The molecule has 2 amide bonds. The Kier molecular flexibility index (Phi) is 4.97. The first-order chi connectivity index (χ1) is 12.3. The molecule has 0 fully saturated rings.